The fourth-order valence-electron chi connectivity index (χ4n) is 1.57. The van der Waals surface area contributed by atoms with E-state index in [1.54, 1.807) is 21.1 Å². The van der Waals surface area contributed by atoms with Gasteiger partial charge in [-0.3, -0.25) is 4.79 Å². The predicted octanol–water partition coefficient (Wildman–Crippen LogP) is 1.99. The van der Waals surface area contributed by atoms with Gasteiger partial charge in [0.05, 0.1) is 20.3 Å². The van der Waals surface area contributed by atoms with Crippen molar-refractivity contribution in [2.75, 3.05) is 27.4 Å². The van der Waals surface area contributed by atoms with E-state index in [1.807, 2.05) is 24.3 Å². The minimum atomic E-state index is -0.407. The SMILES string of the molecule is CCOC(=O)C(COC)c1cccc(OC)c1. The summed E-state index contributed by atoms with van der Waals surface area (Å²) in [7, 11) is 3.15. The number of hydrogen-bond donors (Lipinski definition) is 0. The Balaban J connectivity index is 2.91. The van der Waals surface area contributed by atoms with Gasteiger partial charge in [-0.2, -0.15) is 0 Å². The molecule has 0 saturated carbocycles. The number of carbonyl (C=O) groups excluding carboxylic acids is 1. The summed E-state index contributed by atoms with van der Waals surface area (Å²) >= 11 is 0. The number of rotatable bonds is 6. The van der Waals surface area contributed by atoms with Crippen LogP contribution in [-0.2, 0) is 14.3 Å². The monoisotopic (exact) mass is 238 g/mol. The minimum Gasteiger partial charge on any atom is -0.497 e. The van der Waals surface area contributed by atoms with Crippen molar-refractivity contribution in [3.63, 3.8) is 0 Å². The molecule has 4 nitrogen and oxygen atoms in total. The Hall–Kier alpha value is -1.55. The molecule has 4 heteroatoms. The third kappa shape index (κ3) is 3.75. The molecule has 0 heterocycles. The van der Waals surface area contributed by atoms with Gasteiger partial charge in [0, 0.05) is 7.11 Å². The molecule has 17 heavy (non-hydrogen) atoms. The van der Waals surface area contributed by atoms with E-state index in [0.717, 1.165) is 5.56 Å². The first-order valence-electron chi connectivity index (χ1n) is 5.52. The molecule has 0 saturated heterocycles. The Kier molecular flexibility index (Phi) is 5.49. The van der Waals surface area contributed by atoms with E-state index < -0.39 is 5.92 Å². The summed E-state index contributed by atoms with van der Waals surface area (Å²) in [5.74, 6) is 0.0329. The normalized spacial score (nSPS) is 11.9. The summed E-state index contributed by atoms with van der Waals surface area (Å²) in [4.78, 5) is 11.8. The van der Waals surface area contributed by atoms with Crippen molar-refractivity contribution in [1.82, 2.24) is 0 Å². The van der Waals surface area contributed by atoms with Gasteiger partial charge in [-0.25, -0.2) is 0 Å². The highest BCUT2D eigenvalue weighted by molar-refractivity contribution is 5.78. The van der Waals surface area contributed by atoms with Crippen LogP contribution < -0.4 is 4.74 Å². The summed E-state index contributed by atoms with van der Waals surface area (Å²) in [6, 6.07) is 7.36. The molecule has 0 spiro atoms. The molecule has 94 valence electrons. The molecular formula is C13H18O4. The first-order valence-corrected chi connectivity index (χ1v) is 5.52. The third-order valence-electron chi connectivity index (χ3n) is 2.40. The van der Waals surface area contributed by atoms with Crippen molar-refractivity contribution >= 4 is 5.97 Å². The van der Waals surface area contributed by atoms with Crippen molar-refractivity contribution in [1.29, 1.82) is 0 Å². The van der Waals surface area contributed by atoms with Gasteiger partial charge in [0.1, 0.15) is 11.7 Å². The smallest absolute Gasteiger partial charge is 0.315 e. The topological polar surface area (TPSA) is 44.8 Å². The van der Waals surface area contributed by atoms with Crippen LogP contribution in [0.2, 0.25) is 0 Å². The molecule has 0 aromatic heterocycles. The lowest BCUT2D eigenvalue weighted by molar-refractivity contribution is -0.146. The molecule has 0 bridgehead atoms. The van der Waals surface area contributed by atoms with Gasteiger partial charge in [-0.15, -0.1) is 0 Å². The van der Waals surface area contributed by atoms with Gasteiger partial charge >= 0.3 is 5.97 Å². The average molecular weight is 238 g/mol. The molecule has 0 amide bonds. The Bertz CT molecular complexity index is 362. The zero-order chi connectivity index (χ0) is 12.7. The molecule has 0 fully saturated rings. The molecule has 0 aliphatic rings. The summed E-state index contributed by atoms with van der Waals surface area (Å²) in [6.07, 6.45) is 0. The van der Waals surface area contributed by atoms with E-state index in [1.165, 1.54) is 0 Å². The van der Waals surface area contributed by atoms with Crippen molar-refractivity contribution in [3.05, 3.63) is 29.8 Å². The maximum atomic E-state index is 11.8. The third-order valence-corrected chi connectivity index (χ3v) is 2.40. The zero-order valence-corrected chi connectivity index (χ0v) is 10.4. The van der Waals surface area contributed by atoms with Gasteiger partial charge in [0.15, 0.2) is 0 Å². The van der Waals surface area contributed by atoms with Crippen LogP contribution in [0.5, 0.6) is 5.75 Å². The fraction of sp³-hybridized carbons (Fsp3) is 0.462. The summed E-state index contributed by atoms with van der Waals surface area (Å²) in [5.41, 5.74) is 0.838. The molecule has 0 aliphatic heterocycles. The lowest BCUT2D eigenvalue weighted by Crippen LogP contribution is -2.20. The van der Waals surface area contributed by atoms with E-state index in [9.17, 15) is 4.79 Å². The Labute approximate surface area is 101 Å². The maximum Gasteiger partial charge on any atom is 0.315 e. The van der Waals surface area contributed by atoms with Gasteiger partial charge in [-0.1, -0.05) is 12.1 Å². The summed E-state index contributed by atoms with van der Waals surface area (Å²) in [5, 5.41) is 0. The first kappa shape index (κ1) is 13.5. The van der Waals surface area contributed by atoms with Gasteiger partial charge in [0.2, 0.25) is 0 Å². The van der Waals surface area contributed by atoms with E-state index >= 15 is 0 Å². The second kappa shape index (κ2) is 6.91. The quantitative estimate of drug-likeness (QED) is 0.711. The van der Waals surface area contributed by atoms with Crippen LogP contribution >= 0.6 is 0 Å². The van der Waals surface area contributed by atoms with Crippen LogP contribution in [0.15, 0.2) is 24.3 Å². The fourth-order valence-corrected chi connectivity index (χ4v) is 1.57. The number of benzene rings is 1. The Morgan fingerprint density at radius 2 is 2.12 bits per heavy atom. The highest BCUT2D eigenvalue weighted by Gasteiger charge is 2.22. The van der Waals surface area contributed by atoms with Crippen molar-refractivity contribution in [2.45, 2.75) is 12.8 Å². The molecule has 1 aromatic rings. The summed E-state index contributed by atoms with van der Waals surface area (Å²) < 4.78 is 15.2. The van der Waals surface area contributed by atoms with Crippen LogP contribution in [-0.4, -0.2) is 33.4 Å². The van der Waals surface area contributed by atoms with E-state index in [0.29, 0.717) is 19.0 Å². The van der Waals surface area contributed by atoms with Gasteiger partial charge in [-0.05, 0) is 24.6 Å². The number of methoxy groups -OCH3 is 2. The molecule has 0 radical (unpaired) electrons. The van der Waals surface area contributed by atoms with Crippen molar-refractivity contribution in [3.8, 4) is 5.75 Å². The standard InChI is InChI=1S/C13H18O4/c1-4-17-13(14)12(9-15-2)10-6-5-7-11(8-10)16-3/h5-8,12H,4,9H2,1-3H3. The highest BCUT2D eigenvalue weighted by atomic mass is 16.5. The molecule has 0 aliphatic carbocycles. The lowest BCUT2D eigenvalue weighted by atomic mass is 10.00. The Morgan fingerprint density at radius 1 is 1.35 bits per heavy atom. The van der Waals surface area contributed by atoms with Crippen molar-refractivity contribution in [2.24, 2.45) is 0 Å². The van der Waals surface area contributed by atoms with E-state index in [2.05, 4.69) is 0 Å². The number of hydrogen-bond acceptors (Lipinski definition) is 4. The number of carbonyl (C=O) groups is 1. The van der Waals surface area contributed by atoms with E-state index in [-0.39, 0.29) is 5.97 Å². The van der Waals surface area contributed by atoms with Crippen molar-refractivity contribution < 1.29 is 19.0 Å². The van der Waals surface area contributed by atoms with Gasteiger partial charge < -0.3 is 14.2 Å². The first-order chi connectivity index (χ1) is 8.22. The predicted molar refractivity (Wildman–Crippen MR) is 64.2 cm³/mol. The molecule has 1 rings (SSSR count). The molecule has 1 unspecified atom stereocenters. The summed E-state index contributed by atoms with van der Waals surface area (Å²) in [6.45, 7) is 2.45. The lowest BCUT2D eigenvalue weighted by Gasteiger charge is -2.15. The van der Waals surface area contributed by atoms with Crippen LogP contribution in [0.4, 0.5) is 0 Å². The molecular weight excluding hydrogens is 220 g/mol. The van der Waals surface area contributed by atoms with Gasteiger partial charge in [0.25, 0.3) is 0 Å². The van der Waals surface area contributed by atoms with Crippen LogP contribution in [0.1, 0.15) is 18.4 Å². The second-order valence-electron chi connectivity index (χ2n) is 3.54. The number of ether oxygens (including phenoxy) is 3. The van der Waals surface area contributed by atoms with E-state index in [4.69, 9.17) is 14.2 Å². The molecule has 0 N–H and O–H groups in total. The average Bonchev–Trinajstić information content (AvgIpc) is 2.36. The molecule has 1 aromatic carbocycles. The highest BCUT2D eigenvalue weighted by Crippen LogP contribution is 2.22. The maximum absolute atomic E-state index is 11.8. The number of esters is 1. The van der Waals surface area contributed by atoms with Crippen LogP contribution in [0.25, 0.3) is 0 Å². The largest absolute Gasteiger partial charge is 0.497 e. The van der Waals surface area contributed by atoms with Crippen LogP contribution in [0.3, 0.4) is 0 Å². The van der Waals surface area contributed by atoms with Crippen LogP contribution in [0, 0.1) is 0 Å². The second-order valence-corrected chi connectivity index (χ2v) is 3.54. The zero-order valence-electron chi connectivity index (χ0n) is 10.4. The molecule has 1 atom stereocenters. The minimum absolute atomic E-state index is 0.275. The Morgan fingerprint density at radius 3 is 2.71 bits per heavy atom.